The van der Waals surface area contributed by atoms with Crippen molar-refractivity contribution >= 4 is 0 Å². The standard InChI is InChI=1S/C12H13F6N/c13-11(14,15)7-9(5-6-19)8-1-3-10(4-2-8)12(16,17)18/h1-4,9H,5-7,19H2. The Hall–Kier alpha value is -1.24. The molecule has 0 fully saturated rings. The van der Waals surface area contributed by atoms with E-state index in [1.807, 2.05) is 0 Å². The van der Waals surface area contributed by atoms with E-state index in [0.717, 1.165) is 24.3 Å². The van der Waals surface area contributed by atoms with Crippen LogP contribution in [0.15, 0.2) is 24.3 Å². The van der Waals surface area contributed by atoms with E-state index in [-0.39, 0.29) is 18.5 Å². The van der Waals surface area contributed by atoms with Crippen LogP contribution in [0.4, 0.5) is 26.3 Å². The van der Waals surface area contributed by atoms with Gasteiger partial charge in [0, 0.05) is 0 Å². The number of hydrogen-bond acceptors (Lipinski definition) is 1. The lowest BCUT2D eigenvalue weighted by molar-refractivity contribution is -0.140. The van der Waals surface area contributed by atoms with Crippen LogP contribution in [-0.4, -0.2) is 12.7 Å². The predicted octanol–water partition coefficient (Wildman–Crippen LogP) is 4.09. The Balaban J connectivity index is 2.91. The molecule has 0 aliphatic heterocycles. The fraction of sp³-hybridized carbons (Fsp3) is 0.500. The zero-order valence-corrected chi connectivity index (χ0v) is 9.85. The fourth-order valence-electron chi connectivity index (χ4n) is 1.81. The van der Waals surface area contributed by atoms with Gasteiger partial charge in [-0.2, -0.15) is 26.3 Å². The normalized spacial score (nSPS) is 14.5. The van der Waals surface area contributed by atoms with Crippen LogP contribution >= 0.6 is 0 Å². The molecule has 1 aromatic carbocycles. The third-order valence-corrected chi connectivity index (χ3v) is 2.70. The predicted molar refractivity (Wildman–Crippen MR) is 58.5 cm³/mol. The molecule has 0 radical (unpaired) electrons. The van der Waals surface area contributed by atoms with E-state index in [1.54, 1.807) is 0 Å². The highest BCUT2D eigenvalue weighted by molar-refractivity contribution is 5.27. The van der Waals surface area contributed by atoms with Gasteiger partial charge in [-0.1, -0.05) is 12.1 Å². The van der Waals surface area contributed by atoms with Crippen molar-refractivity contribution < 1.29 is 26.3 Å². The molecule has 1 rings (SSSR count). The first-order valence-corrected chi connectivity index (χ1v) is 5.57. The first kappa shape index (κ1) is 15.8. The molecule has 1 aromatic rings. The van der Waals surface area contributed by atoms with Crippen molar-refractivity contribution in [1.29, 1.82) is 0 Å². The molecule has 0 bridgehead atoms. The molecule has 0 amide bonds. The Morgan fingerprint density at radius 3 is 1.84 bits per heavy atom. The first-order valence-electron chi connectivity index (χ1n) is 5.57. The molecular weight excluding hydrogens is 272 g/mol. The topological polar surface area (TPSA) is 26.0 Å². The summed E-state index contributed by atoms with van der Waals surface area (Å²) in [7, 11) is 0. The summed E-state index contributed by atoms with van der Waals surface area (Å²) in [6, 6.07) is 3.73. The van der Waals surface area contributed by atoms with Gasteiger partial charge in [-0.05, 0) is 36.6 Å². The third-order valence-electron chi connectivity index (χ3n) is 2.70. The van der Waals surface area contributed by atoms with Gasteiger partial charge in [0.05, 0.1) is 12.0 Å². The summed E-state index contributed by atoms with van der Waals surface area (Å²) in [6.07, 6.45) is -9.88. The Bertz CT molecular complexity index is 392. The van der Waals surface area contributed by atoms with Crippen LogP contribution in [0.3, 0.4) is 0 Å². The average Bonchev–Trinajstić information content (AvgIpc) is 2.26. The maximum atomic E-state index is 12.4. The van der Waals surface area contributed by atoms with Crippen molar-refractivity contribution in [2.75, 3.05) is 6.54 Å². The molecule has 0 heterocycles. The minimum atomic E-state index is -4.49. The average molecular weight is 285 g/mol. The molecule has 0 aliphatic rings. The van der Waals surface area contributed by atoms with E-state index in [0.29, 0.717) is 0 Å². The monoisotopic (exact) mass is 285 g/mol. The van der Waals surface area contributed by atoms with E-state index in [2.05, 4.69) is 0 Å². The van der Waals surface area contributed by atoms with Crippen molar-refractivity contribution in [2.45, 2.75) is 31.1 Å². The fourth-order valence-corrected chi connectivity index (χ4v) is 1.81. The van der Waals surface area contributed by atoms with Crippen LogP contribution in [0.1, 0.15) is 29.9 Å². The maximum Gasteiger partial charge on any atom is 0.416 e. The molecule has 0 spiro atoms. The highest BCUT2D eigenvalue weighted by Crippen LogP contribution is 2.35. The number of alkyl halides is 6. The molecule has 0 aromatic heterocycles. The molecule has 108 valence electrons. The summed E-state index contributed by atoms with van der Waals surface area (Å²) in [4.78, 5) is 0. The number of nitrogens with two attached hydrogens (primary N) is 1. The Kier molecular flexibility index (Phi) is 4.84. The van der Waals surface area contributed by atoms with Crippen LogP contribution in [-0.2, 0) is 6.18 Å². The Morgan fingerprint density at radius 1 is 0.947 bits per heavy atom. The van der Waals surface area contributed by atoms with Gasteiger partial charge >= 0.3 is 12.4 Å². The number of benzene rings is 1. The summed E-state index contributed by atoms with van der Waals surface area (Å²) < 4.78 is 74.1. The van der Waals surface area contributed by atoms with Gasteiger partial charge in [0.15, 0.2) is 0 Å². The SMILES string of the molecule is NCCC(CC(F)(F)F)c1ccc(C(F)(F)F)cc1. The van der Waals surface area contributed by atoms with Crippen molar-refractivity contribution in [1.82, 2.24) is 0 Å². The highest BCUT2D eigenvalue weighted by Gasteiger charge is 2.33. The maximum absolute atomic E-state index is 12.4. The molecule has 1 atom stereocenters. The second-order valence-electron chi connectivity index (χ2n) is 4.21. The van der Waals surface area contributed by atoms with Gasteiger partial charge in [-0.3, -0.25) is 0 Å². The summed E-state index contributed by atoms with van der Waals surface area (Å²) in [5.74, 6) is -0.910. The van der Waals surface area contributed by atoms with Gasteiger partial charge < -0.3 is 5.73 Å². The lowest BCUT2D eigenvalue weighted by Gasteiger charge is -2.19. The molecule has 19 heavy (non-hydrogen) atoms. The zero-order valence-electron chi connectivity index (χ0n) is 9.85. The Morgan fingerprint density at radius 2 is 1.47 bits per heavy atom. The molecule has 1 nitrogen and oxygen atoms in total. The number of halogens is 6. The quantitative estimate of drug-likeness (QED) is 0.828. The van der Waals surface area contributed by atoms with Crippen molar-refractivity contribution in [3.63, 3.8) is 0 Å². The van der Waals surface area contributed by atoms with E-state index in [1.165, 1.54) is 0 Å². The summed E-state index contributed by atoms with van der Waals surface area (Å²) in [5, 5.41) is 0. The van der Waals surface area contributed by atoms with Crippen LogP contribution in [0.25, 0.3) is 0 Å². The molecule has 0 saturated carbocycles. The second-order valence-corrected chi connectivity index (χ2v) is 4.21. The van der Waals surface area contributed by atoms with Crippen LogP contribution in [0.5, 0.6) is 0 Å². The van der Waals surface area contributed by atoms with E-state index < -0.39 is 30.3 Å². The molecule has 0 saturated heterocycles. The van der Waals surface area contributed by atoms with Crippen LogP contribution < -0.4 is 5.73 Å². The largest absolute Gasteiger partial charge is 0.416 e. The first-order chi connectivity index (χ1) is 8.63. The molecule has 7 heteroatoms. The highest BCUT2D eigenvalue weighted by atomic mass is 19.4. The second kappa shape index (κ2) is 5.81. The lowest BCUT2D eigenvalue weighted by atomic mass is 9.91. The molecule has 0 aliphatic carbocycles. The van der Waals surface area contributed by atoms with Crippen molar-refractivity contribution in [3.8, 4) is 0 Å². The van der Waals surface area contributed by atoms with Gasteiger partial charge in [-0.25, -0.2) is 0 Å². The van der Waals surface area contributed by atoms with Gasteiger partial charge in [0.2, 0.25) is 0 Å². The molecular formula is C12H13F6N. The number of rotatable bonds is 4. The summed E-state index contributed by atoms with van der Waals surface area (Å²) in [5.41, 5.74) is 4.58. The van der Waals surface area contributed by atoms with Crippen molar-refractivity contribution in [2.24, 2.45) is 5.73 Å². The summed E-state index contributed by atoms with van der Waals surface area (Å²) in [6.45, 7) is 0.0434. The number of hydrogen-bond donors (Lipinski definition) is 1. The summed E-state index contributed by atoms with van der Waals surface area (Å²) >= 11 is 0. The minimum absolute atomic E-state index is 0.0434. The van der Waals surface area contributed by atoms with E-state index in [4.69, 9.17) is 5.73 Å². The third kappa shape index (κ3) is 5.10. The lowest BCUT2D eigenvalue weighted by Crippen LogP contribution is -2.17. The molecule has 2 N–H and O–H groups in total. The van der Waals surface area contributed by atoms with Crippen LogP contribution in [0.2, 0.25) is 0 Å². The van der Waals surface area contributed by atoms with Gasteiger partial charge in [-0.15, -0.1) is 0 Å². The van der Waals surface area contributed by atoms with Crippen molar-refractivity contribution in [3.05, 3.63) is 35.4 Å². The van der Waals surface area contributed by atoms with E-state index in [9.17, 15) is 26.3 Å². The van der Waals surface area contributed by atoms with Crippen LogP contribution in [0, 0.1) is 0 Å². The smallest absolute Gasteiger partial charge is 0.330 e. The van der Waals surface area contributed by atoms with Gasteiger partial charge in [0.25, 0.3) is 0 Å². The zero-order chi connectivity index (χ0) is 14.7. The van der Waals surface area contributed by atoms with Gasteiger partial charge in [0.1, 0.15) is 0 Å². The minimum Gasteiger partial charge on any atom is -0.330 e. The van der Waals surface area contributed by atoms with E-state index >= 15 is 0 Å². The Labute approximate surface area is 106 Å². The molecule has 1 unspecified atom stereocenters.